The first-order chi connectivity index (χ1) is 27.0. The monoisotopic (exact) mass is 817 g/mol. The third-order valence-electron chi connectivity index (χ3n) is 11.4. The third kappa shape index (κ3) is 7.28. The van der Waals surface area contributed by atoms with E-state index in [9.17, 15) is 13.8 Å². The van der Waals surface area contributed by atoms with Crippen LogP contribution in [0, 0.1) is 17.5 Å². The van der Waals surface area contributed by atoms with Crippen LogP contribution in [0.2, 0.25) is 5.15 Å². The number of anilines is 1. The Morgan fingerprint density at radius 1 is 1.07 bits per heavy atom. The van der Waals surface area contributed by atoms with E-state index in [0.29, 0.717) is 25.5 Å². The number of fused-ring (bicyclic) bond motifs is 5. The van der Waals surface area contributed by atoms with Crippen molar-refractivity contribution in [1.82, 2.24) is 30.5 Å². The molecule has 4 aromatic rings. The molecule has 13 nitrogen and oxygen atoms in total. The highest BCUT2D eigenvalue weighted by molar-refractivity contribution is 7.40. The van der Waals surface area contributed by atoms with E-state index in [0.717, 1.165) is 57.7 Å². The zero-order chi connectivity index (χ0) is 39.3. The number of nitrogens with zero attached hydrogens (tertiary/aromatic N) is 5. The number of piperazine rings is 1. The molecule has 6 heterocycles. The fourth-order valence-electron chi connectivity index (χ4n) is 8.77. The number of aromatic nitrogens is 3. The molecular formula is C38H44ClF3N7O6P. The molecule has 0 radical (unpaired) electrons. The normalized spacial score (nSPS) is 22.0. The summed E-state index contributed by atoms with van der Waals surface area (Å²) in [5.41, 5.74) is -0.989. The molecule has 2 N–H and O–H groups in total. The number of pyridine rings is 1. The van der Waals surface area contributed by atoms with Gasteiger partial charge in [-0.1, -0.05) is 17.7 Å². The number of nitrogens with one attached hydrogen (secondary N) is 2. The standard InChI is InChI=1S/C38H44ClF3N7O6P/c1-4-53-35(50)20(2)43-37(52-3)56(51)55-24-15-21-7-10-26(40)29(41)27(21)25(16-24)31-30(42)32-28(33(39)45-31)34(48-17-22-8-9-23(18-48)44-22)47-36(46-32)54-19-38-11-5-13-49(38)14-6-12-38/h7,10,15-16,20,22-23,37,43-44,56H,4-6,8-9,11-14,17-19H2,1-3H3/t20-,22?,23?,37?/m0/s1. The summed E-state index contributed by atoms with van der Waals surface area (Å²) in [4.78, 5) is 30.6. The molecule has 4 aliphatic heterocycles. The van der Waals surface area contributed by atoms with Gasteiger partial charge in [0, 0.05) is 43.2 Å². The van der Waals surface area contributed by atoms with Crippen molar-refractivity contribution >= 4 is 53.1 Å². The van der Waals surface area contributed by atoms with Gasteiger partial charge in [-0.3, -0.25) is 19.6 Å². The lowest BCUT2D eigenvalue weighted by Crippen LogP contribution is -2.51. The number of hydrogen-bond donors (Lipinski definition) is 2. The van der Waals surface area contributed by atoms with Crippen LogP contribution in [0.15, 0.2) is 24.3 Å². The van der Waals surface area contributed by atoms with Crippen LogP contribution < -0.4 is 24.8 Å². The van der Waals surface area contributed by atoms with Gasteiger partial charge in [0.1, 0.15) is 40.6 Å². The summed E-state index contributed by atoms with van der Waals surface area (Å²) in [5, 5.41) is 6.18. The van der Waals surface area contributed by atoms with Gasteiger partial charge in [-0.05, 0) is 89.0 Å². The Bertz CT molecular complexity index is 2180. The Labute approximate surface area is 327 Å². The van der Waals surface area contributed by atoms with Gasteiger partial charge in [0.2, 0.25) is 0 Å². The summed E-state index contributed by atoms with van der Waals surface area (Å²) >= 11 is 6.95. The fraction of sp³-hybridized carbons (Fsp3) is 0.526. The van der Waals surface area contributed by atoms with Crippen molar-refractivity contribution in [3.05, 3.63) is 46.9 Å². The minimum absolute atomic E-state index is 0.0217. The summed E-state index contributed by atoms with van der Waals surface area (Å²) in [5.74, 6) is -4.94. The molecule has 0 saturated carbocycles. The van der Waals surface area contributed by atoms with Crippen LogP contribution in [-0.4, -0.2) is 102 Å². The van der Waals surface area contributed by atoms with E-state index in [1.54, 1.807) is 6.92 Å². The molecule has 2 bridgehead atoms. The maximum Gasteiger partial charge on any atom is 0.322 e. The maximum atomic E-state index is 17.3. The highest BCUT2D eigenvalue weighted by atomic mass is 35.5. The minimum atomic E-state index is -3.21. The van der Waals surface area contributed by atoms with Crippen molar-refractivity contribution in [2.75, 3.05) is 51.4 Å². The zero-order valence-electron chi connectivity index (χ0n) is 31.3. The number of halogens is 4. The molecule has 8 rings (SSSR count). The third-order valence-corrected chi connectivity index (χ3v) is 13.0. The van der Waals surface area contributed by atoms with Crippen molar-refractivity contribution in [3.8, 4) is 23.0 Å². The number of ether oxygens (including phenoxy) is 3. The summed E-state index contributed by atoms with van der Waals surface area (Å²) in [7, 11) is -1.93. The van der Waals surface area contributed by atoms with Gasteiger partial charge in [-0.15, -0.1) is 0 Å². The average Bonchev–Trinajstić information content (AvgIpc) is 3.88. The average molecular weight is 818 g/mol. The van der Waals surface area contributed by atoms with Crippen LogP contribution in [0.1, 0.15) is 52.4 Å². The number of rotatable bonds is 13. The van der Waals surface area contributed by atoms with Crippen molar-refractivity contribution < 1.29 is 41.3 Å². The van der Waals surface area contributed by atoms with Gasteiger partial charge < -0.3 is 29.0 Å². The van der Waals surface area contributed by atoms with Gasteiger partial charge in [-0.25, -0.2) is 18.2 Å². The van der Waals surface area contributed by atoms with E-state index in [2.05, 4.69) is 30.4 Å². The van der Waals surface area contributed by atoms with E-state index in [-0.39, 0.29) is 68.4 Å². The van der Waals surface area contributed by atoms with Gasteiger partial charge in [0.15, 0.2) is 23.4 Å². The number of esters is 1. The van der Waals surface area contributed by atoms with Crippen LogP contribution in [0.25, 0.3) is 32.9 Å². The fourth-order valence-corrected chi connectivity index (χ4v) is 10.1. The second kappa shape index (κ2) is 15.9. The predicted molar refractivity (Wildman–Crippen MR) is 205 cm³/mol. The lowest BCUT2D eigenvalue weighted by atomic mass is 9.95. The van der Waals surface area contributed by atoms with Crippen molar-refractivity contribution in [2.24, 2.45) is 0 Å². The van der Waals surface area contributed by atoms with Crippen molar-refractivity contribution in [3.63, 3.8) is 0 Å². The van der Waals surface area contributed by atoms with Crippen molar-refractivity contribution in [2.45, 2.75) is 82.0 Å². The Balaban J connectivity index is 1.22. The van der Waals surface area contributed by atoms with E-state index in [1.165, 1.54) is 32.2 Å². The van der Waals surface area contributed by atoms with E-state index >= 15 is 8.78 Å². The molecular weight excluding hydrogens is 774 g/mol. The molecule has 4 fully saturated rings. The van der Waals surface area contributed by atoms with E-state index in [4.69, 9.17) is 35.3 Å². The Morgan fingerprint density at radius 2 is 1.80 bits per heavy atom. The number of carbonyl (C=O) groups excluding carboxylic acids is 1. The lowest BCUT2D eigenvalue weighted by molar-refractivity contribution is -0.145. The summed E-state index contributed by atoms with van der Waals surface area (Å²) in [6, 6.07) is 4.27. The van der Waals surface area contributed by atoms with Crippen LogP contribution >= 0.6 is 19.6 Å². The van der Waals surface area contributed by atoms with Crippen LogP contribution in [-0.2, 0) is 18.8 Å². The molecule has 4 aliphatic rings. The maximum absolute atomic E-state index is 17.3. The van der Waals surface area contributed by atoms with Crippen LogP contribution in [0.5, 0.6) is 11.8 Å². The minimum Gasteiger partial charge on any atom is -0.465 e. The number of benzene rings is 2. The SMILES string of the molecule is CCOC(=O)[C@H](C)NC(OC)[PH](=O)Oc1cc(-c2nc(Cl)c3c(N4CC5CCC(C4)N5)nc(OCC45CCCN4CCC5)nc3c2F)c2c(F)c(F)ccc2c1. The molecule has 5 atom stereocenters. The predicted octanol–water partition coefficient (Wildman–Crippen LogP) is 6.19. The molecule has 4 unspecified atom stereocenters. The highest BCUT2D eigenvalue weighted by Crippen LogP contribution is 2.44. The van der Waals surface area contributed by atoms with E-state index in [1.807, 2.05) is 0 Å². The van der Waals surface area contributed by atoms with Gasteiger partial charge >= 0.3 is 12.0 Å². The summed E-state index contributed by atoms with van der Waals surface area (Å²) < 4.78 is 83.9. The number of methoxy groups -OCH3 is 1. The summed E-state index contributed by atoms with van der Waals surface area (Å²) in [6.07, 6.45) is 6.06. The first kappa shape index (κ1) is 39.1. The molecule has 2 aromatic carbocycles. The Kier molecular flexibility index (Phi) is 11.1. The molecule has 18 heteroatoms. The second-order valence-electron chi connectivity index (χ2n) is 15.0. The Morgan fingerprint density at radius 3 is 2.50 bits per heavy atom. The van der Waals surface area contributed by atoms with Gasteiger partial charge in [0.25, 0.3) is 8.03 Å². The topological polar surface area (TPSA) is 140 Å². The molecule has 300 valence electrons. The van der Waals surface area contributed by atoms with E-state index < -0.39 is 49.2 Å². The van der Waals surface area contributed by atoms with Crippen LogP contribution in [0.4, 0.5) is 19.0 Å². The van der Waals surface area contributed by atoms with Crippen molar-refractivity contribution in [1.29, 1.82) is 0 Å². The molecule has 0 spiro atoms. The molecule has 4 saturated heterocycles. The lowest BCUT2D eigenvalue weighted by Gasteiger charge is -2.35. The second-order valence-corrected chi connectivity index (χ2v) is 16.7. The molecule has 56 heavy (non-hydrogen) atoms. The molecule has 2 aromatic heterocycles. The summed E-state index contributed by atoms with van der Waals surface area (Å²) in [6.45, 7) is 6.84. The molecule has 0 aliphatic carbocycles. The smallest absolute Gasteiger partial charge is 0.322 e. The quantitative estimate of drug-likeness (QED) is 0.0687. The first-order valence-corrected chi connectivity index (χ1v) is 20.8. The first-order valence-electron chi connectivity index (χ1n) is 19.0. The zero-order valence-corrected chi connectivity index (χ0v) is 33.1. The highest BCUT2D eigenvalue weighted by Gasteiger charge is 2.45. The van der Waals surface area contributed by atoms with Gasteiger partial charge in [0.05, 0.1) is 17.5 Å². The number of hydrogen-bond acceptors (Lipinski definition) is 13. The van der Waals surface area contributed by atoms with Crippen LogP contribution in [0.3, 0.4) is 0 Å². The largest absolute Gasteiger partial charge is 0.465 e. The van der Waals surface area contributed by atoms with Gasteiger partial charge in [-0.2, -0.15) is 9.97 Å². The molecule has 0 amide bonds. The number of carbonyl (C=O) groups is 1. The Hall–Kier alpha value is -3.79.